The Bertz CT molecular complexity index is 1300. The van der Waals surface area contributed by atoms with Gasteiger partial charge < -0.3 is 10.2 Å². The number of hydrogen-bond donors (Lipinski definition) is 2. The summed E-state index contributed by atoms with van der Waals surface area (Å²) in [5, 5.41) is 2.91. The van der Waals surface area contributed by atoms with Gasteiger partial charge in [0, 0.05) is 35.9 Å². The van der Waals surface area contributed by atoms with Crippen LogP contribution in [-0.4, -0.2) is 44.3 Å². The Kier molecular flexibility index (Phi) is 7.11. The predicted molar refractivity (Wildman–Crippen MR) is 126 cm³/mol. The number of sulfonamides is 1. The van der Waals surface area contributed by atoms with Crippen molar-refractivity contribution in [3.05, 3.63) is 95.6 Å². The second-order valence-corrected chi connectivity index (χ2v) is 9.87. The molecule has 0 aliphatic carbocycles. The molecular weight excluding hydrogens is 476 g/mol. The number of amides is 2. The van der Waals surface area contributed by atoms with Crippen LogP contribution in [0.1, 0.15) is 33.6 Å². The van der Waals surface area contributed by atoms with Gasteiger partial charge in [0.05, 0.1) is 4.90 Å². The normalized spacial score (nSPS) is 14.4. The van der Waals surface area contributed by atoms with Gasteiger partial charge in [-0.05, 0) is 85.6 Å². The lowest BCUT2D eigenvalue weighted by atomic mass is 10.0. The van der Waals surface area contributed by atoms with Gasteiger partial charge in [-0.2, -0.15) is 0 Å². The van der Waals surface area contributed by atoms with Crippen LogP contribution in [0.5, 0.6) is 0 Å². The number of carbonyl (C=O) groups excluding carboxylic acids is 2. The molecular formula is C25H23F2N3O4S. The summed E-state index contributed by atoms with van der Waals surface area (Å²) >= 11 is 0. The second kappa shape index (κ2) is 10.2. The van der Waals surface area contributed by atoms with Crippen LogP contribution in [0.3, 0.4) is 0 Å². The number of carbonyl (C=O) groups is 2. The molecule has 1 saturated heterocycles. The van der Waals surface area contributed by atoms with E-state index in [2.05, 4.69) is 10.0 Å². The number of likely N-dealkylation sites (tertiary alicyclic amines) is 1. The quantitative estimate of drug-likeness (QED) is 0.539. The van der Waals surface area contributed by atoms with Crippen LogP contribution in [0, 0.1) is 11.6 Å². The number of nitrogens with zero attached hydrogens (tertiary/aromatic N) is 1. The largest absolute Gasteiger partial charge is 0.349 e. The molecule has 0 bridgehead atoms. The standard InChI is InChI=1S/C25H23F2N3O4S/c26-19-5-1-17(2-6-19)24(31)28-21-13-15-30(16-14-21)25(32)18-3-9-22(10-4-18)29-35(33,34)23-11-7-20(27)8-12-23/h1-12,21,29H,13-16H2,(H,28,31). The Hall–Kier alpha value is -3.79. The first-order chi connectivity index (χ1) is 16.7. The monoisotopic (exact) mass is 499 g/mol. The van der Waals surface area contributed by atoms with E-state index in [0.29, 0.717) is 37.1 Å². The topological polar surface area (TPSA) is 95.6 Å². The minimum Gasteiger partial charge on any atom is -0.349 e. The Morgan fingerprint density at radius 2 is 1.29 bits per heavy atom. The van der Waals surface area contributed by atoms with Crippen LogP contribution < -0.4 is 10.0 Å². The molecule has 7 nitrogen and oxygen atoms in total. The van der Waals surface area contributed by atoms with Gasteiger partial charge in [-0.1, -0.05) is 0 Å². The minimum absolute atomic E-state index is 0.0755. The Morgan fingerprint density at radius 3 is 1.86 bits per heavy atom. The van der Waals surface area contributed by atoms with Gasteiger partial charge in [0.25, 0.3) is 21.8 Å². The number of rotatable bonds is 6. The molecule has 35 heavy (non-hydrogen) atoms. The molecule has 182 valence electrons. The molecule has 3 aromatic rings. The molecule has 2 amide bonds. The summed E-state index contributed by atoms with van der Waals surface area (Å²) in [5.74, 6) is -1.42. The van der Waals surface area contributed by atoms with Crippen molar-refractivity contribution in [2.75, 3.05) is 17.8 Å². The first-order valence-electron chi connectivity index (χ1n) is 11.0. The van der Waals surface area contributed by atoms with Crippen LogP contribution in [0.2, 0.25) is 0 Å². The van der Waals surface area contributed by atoms with Gasteiger partial charge in [-0.25, -0.2) is 17.2 Å². The predicted octanol–water partition coefficient (Wildman–Crippen LogP) is 3.80. The Balaban J connectivity index is 1.31. The molecule has 0 aromatic heterocycles. The highest BCUT2D eigenvalue weighted by Crippen LogP contribution is 2.19. The molecule has 3 aromatic carbocycles. The number of piperidine rings is 1. The van der Waals surface area contributed by atoms with Crippen LogP contribution in [-0.2, 0) is 10.0 Å². The van der Waals surface area contributed by atoms with Gasteiger partial charge in [0.2, 0.25) is 0 Å². The molecule has 10 heteroatoms. The highest BCUT2D eigenvalue weighted by molar-refractivity contribution is 7.92. The maximum atomic E-state index is 13.1. The highest BCUT2D eigenvalue weighted by atomic mass is 32.2. The van der Waals surface area contributed by atoms with Crippen molar-refractivity contribution in [3.63, 3.8) is 0 Å². The summed E-state index contributed by atoms with van der Waals surface area (Å²) in [7, 11) is -3.89. The van der Waals surface area contributed by atoms with E-state index in [1.807, 2.05) is 0 Å². The molecule has 0 saturated carbocycles. The molecule has 1 fully saturated rings. The molecule has 0 radical (unpaired) electrons. The number of hydrogen-bond acceptors (Lipinski definition) is 4. The molecule has 2 N–H and O–H groups in total. The van der Waals surface area contributed by atoms with Crippen molar-refractivity contribution in [2.24, 2.45) is 0 Å². The third-order valence-corrected chi connectivity index (χ3v) is 7.13. The van der Waals surface area contributed by atoms with Gasteiger partial charge in [0.1, 0.15) is 11.6 Å². The maximum Gasteiger partial charge on any atom is 0.261 e. The zero-order valence-electron chi connectivity index (χ0n) is 18.6. The van der Waals surface area contributed by atoms with E-state index in [1.54, 1.807) is 4.90 Å². The van der Waals surface area contributed by atoms with Crippen molar-refractivity contribution < 1.29 is 26.8 Å². The van der Waals surface area contributed by atoms with E-state index in [0.717, 1.165) is 12.1 Å². The molecule has 1 aliphatic rings. The summed E-state index contributed by atoms with van der Waals surface area (Å²) in [6.45, 7) is 0.901. The lowest BCUT2D eigenvalue weighted by Crippen LogP contribution is -2.46. The molecule has 0 spiro atoms. The summed E-state index contributed by atoms with van der Waals surface area (Å²) in [4.78, 5) is 26.8. The fourth-order valence-electron chi connectivity index (χ4n) is 3.79. The summed E-state index contributed by atoms with van der Waals surface area (Å²) in [6.07, 6.45) is 1.16. The van der Waals surface area contributed by atoms with E-state index >= 15 is 0 Å². The van der Waals surface area contributed by atoms with E-state index in [-0.39, 0.29) is 28.4 Å². The van der Waals surface area contributed by atoms with Gasteiger partial charge in [0.15, 0.2) is 0 Å². The van der Waals surface area contributed by atoms with Gasteiger partial charge in [-0.3, -0.25) is 14.3 Å². The Labute approximate surface area is 201 Å². The van der Waals surface area contributed by atoms with E-state index in [1.165, 1.54) is 60.7 Å². The number of benzene rings is 3. The van der Waals surface area contributed by atoms with Crippen molar-refractivity contribution >= 4 is 27.5 Å². The number of nitrogens with one attached hydrogen (secondary N) is 2. The first kappa shape index (κ1) is 24.3. The average molecular weight is 500 g/mol. The summed E-state index contributed by atoms with van der Waals surface area (Å²) < 4.78 is 53.4. The average Bonchev–Trinajstić information content (AvgIpc) is 2.85. The third-order valence-electron chi connectivity index (χ3n) is 5.73. The first-order valence-corrected chi connectivity index (χ1v) is 12.4. The minimum atomic E-state index is -3.89. The van der Waals surface area contributed by atoms with Crippen LogP contribution in [0.15, 0.2) is 77.7 Å². The second-order valence-electron chi connectivity index (χ2n) is 8.18. The molecule has 0 unspecified atom stereocenters. The lowest BCUT2D eigenvalue weighted by Gasteiger charge is -2.32. The Morgan fingerprint density at radius 1 is 0.771 bits per heavy atom. The summed E-state index contributed by atoms with van der Waals surface area (Å²) in [5.41, 5.74) is 1.05. The summed E-state index contributed by atoms with van der Waals surface area (Å²) in [6, 6.07) is 15.7. The number of halogens is 2. The van der Waals surface area contributed by atoms with Gasteiger partial charge in [-0.15, -0.1) is 0 Å². The molecule has 4 rings (SSSR count). The van der Waals surface area contributed by atoms with Gasteiger partial charge >= 0.3 is 0 Å². The zero-order chi connectivity index (χ0) is 25.0. The highest BCUT2D eigenvalue weighted by Gasteiger charge is 2.25. The smallest absolute Gasteiger partial charge is 0.261 e. The molecule has 0 atom stereocenters. The third kappa shape index (κ3) is 6.02. The SMILES string of the molecule is O=C(NC1CCN(C(=O)c2ccc(NS(=O)(=O)c3ccc(F)cc3)cc2)CC1)c1ccc(F)cc1. The maximum absolute atomic E-state index is 13.1. The zero-order valence-corrected chi connectivity index (χ0v) is 19.4. The lowest BCUT2D eigenvalue weighted by molar-refractivity contribution is 0.0698. The van der Waals surface area contributed by atoms with Crippen molar-refractivity contribution in [2.45, 2.75) is 23.8 Å². The van der Waals surface area contributed by atoms with Crippen LogP contribution >= 0.6 is 0 Å². The van der Waals surface area contributed by atoms with Crippen molar-refractivity contribution in [3.8, 4) is 0 Å². The number of anilines is 1. The van der Waals surface area contributed by atoms with E-state index in [9.17, 15) is 26.8 Å². The van der Waals surface area contributed by atoms with E-state index in [4.69, 9.17) is 0 Å². The van der Waals surface area contributed by atoms with Crippen molar-refractivity contribution in [1.82, 2.24) is 10.2 Å². The van der Waals surface area contributed by atoms with E-state index < -0.39 is 21.7 Å². The molecule has 1 aliphatic heterocycles. The molecule has 1 heterocycles. The van der Waals surface area contributed by atoms with Crippen molar-refractivity contribution in [1.29, 1.82) is 0 Å². The fraction of sp³-hybridized carbons (Fsp3) is 0.200. The fourth-order valence-corrected chi connectivity index (χ4v) is 4.85. The van der Waals surface area contributed by atoms with Crippen LogP contribution in [0.4, 0.5) is 14.5 Å². The van der Waals surface area contributed by atoms with Crippen LogP contribution in [0.25, 0.3) is 0 Å².